The average Bonchev–Trinajstić information content (AvgIpc) is 3.44. The Balaban J connectivity index is 1.24. The zero-order chi connectivity index (χ0) is 27.9. The molecule has 208 valence electrons. The van der Waals surface area contributed by atoms with Crippen LogP contribution in [0, 0.1) is 11.6 Å². The minimum Gasteiger partial charge on any atom is -0.492 e. The maximum atomic E-state index is 14.4. The zero-order valence-corrected chi connectivity index (χ0v) is 23.2. The van der Waals surface area contributed by atoms with Crippen molar-refractivity contribution in [2.24, 2.45) is 0 Å². The Hall–Kier alpha value is -3.82. The predicted octanol–water partition coefficient (Wildman–Crippen LogP) is 5.98. The van der Waals surface area contributed by atoms with Crippen molar-refractivity contribution in [3.05, 3.63) is 112 Å². The van der Waals surface area contributed by atoms with Crippen LogP contribution in [0.25, 0.3) is 0 Å². The Morgan fingerprint density at radius 3 is 2.40 bits per heavy atom. The lowest BCUT2D eigenvalue weighted by Gasteiger charge is -2.36. The molecule has 1 aromatic heterocycles. The van der Waals surface area contributed by atoms with Crippen LogP contribution in [0.4, 0.5) is 14.5 Å². The number of para-hydroxylation sites is 2. The zero-order valence-electron chi connectivity index (χ0n) is 22.4. The van der Waals surface area contributed by atoms with E-state index in [0.717, 1.165) is 22.0 Å². The van der Waals surface area contributed by atoms with E-state index in [1.165, 1.54) is 29.5 Å². The van der Waals surface area contributed by atoms with Crippen LogP contribution in [-0.4, -0.2) is 53.5 Å². The quantitative estimate of drug-likeness (QED) is 0.238. The van der Waals surface area contributed by atoms with E-state index >= 15 is 0 Å². The number of halogens is 2. The number of benzene rings is 3. The number of thiazole rings is 1. The highest BCUT2D eigenvalue weighted by Gasteiger charge is 2.25. The predicted molar refractivity (Wildman–Crippen MR) is 154 cm³/mol. The molecule has 5 rings (SSSR count). The molecular formula is C31H32F2N4O2S. The summed E-state index contributed by atoms with van der Waals surface area (Å²) in [6, 6.07) is 21.0. The molecule has 0 saturated carbocycles. The van der Waals surface area contributed by atoms with Gasteiger partial charge in [-0.15, -0.1) is 11.3 Å². The molecule has 1 aliphatic heterocycles. The average molecular weight is 563 g/mol. The number of rotatable bonds is 10. The number of anilines is 1. The van der Waals surface area contributed by atoms with E-state index < -0.39 is 0 Å². The number of carbonyl (C=O) groups excluding carboxylic acids is 1. The Kier molecular flexibility index (Phi) is 9.03. The van der Waals surface area contributed by atoms with Crippen molar-refractivity contribution in [2.45, 2.75) is 26.6 Å². The lowest BCUT2D eigenvalue weighted by Crippen LogP contribution is -2.49. The van der Waals surface area contributed by atoms with Gasteiger partial charge in [0.25, 0.3) is 5.91 Å². The first-order valence-corrected chi connectivity index (χ1v) is 14.3. The van der Waals surface area contributed by atoms with Crippen LogP contribution in [0.3, 0.4) is 0 Å². The summed E-state index contributed by atoms with van der Waals surface area (Å²) in [5.74, 6) is 0.199. The Morgan fingerprint density at radius 1 is 0.925 bits per heavy atom. The van der Waals surface area contributed by atoms with Gasteiger partial charge in [0.2, 0.25) is 0 Å². The fourth-order valence-corrected chi connectivity index (χ4v) is 5.67. The fourth-order valence-electron chi connectivity index (χ4n) is 4.86. The van der Waals surface area contributed by atoms with Gasteiger partial charge in [0.05, 0.1) is 18.8 Å². The minimum atomic E-state index is -0.299. The van der Waals surface area contributed by atoms with Crippen molar-refractivity contribution in [1.82, 2.24) is 14.8 Å². The van der Waals surface area contributed by atoms with E-state index in [1.807, 2.05) is 47.1 Å². The molecular weight excluding hydrogens is 530 g/mol. The summed E-state index contributed by atoms with van der Waals surface area (Å²) < 4.78 is 33.7. The van der Waals surface area contributed by atoms with Crippen molar-refractivity contribution < 1.29 is 18.3 Å². The van der Waals surface area contributed by atoms with Crippen LogP contribution < -0.4 is 9.64 Å². The van der Waals surface area contributed by atoms with E-state index in [4.69, 9.17) is 4.74 Å². The highest BCUT2D eigenvalue weighted by atomic mass is 32.1. The number of hydrogen-bond acceptors (Lipinski definition) is 6. The van der Waals surface area contributed by atoms with Gasteiger partial charge in [-0.05, 0) is 42.8 Å². The Morgan fingerprint density at radius 2 is 1.65 bits per heavy atom. The third-order valence-corrected chi connectivity index (χ3v) is 7.71. The molecule has 3 aromatic carbocycles. The second-order valence-corrected chi connectivity index (χ2v) is 10.6. The normalized spacial score (nSPS) is 13.6. The third kappa shape index (κ3) is 6.84. The van der Waals surface area contributed by atoms with Crippen molar-refractivity contribution in [3.63, 3.8) is 0 Å². The number of amides is 1. The highest BCUT2D eigenvalue weighted by molar-refractivity contribution is 7.09. The number of piperazine rings is 1. The van der Waals surface area contributed by atoms with Crippen LogP contribution in [-0.2, 0) is 19.6 Å². The number of aromatic nitrogens is 1. The molecule has 1 amide bonds. The summed E-state index contributed by atoms with van der Waals surface area (Å²) in [5.41, 5.74) is 2.95. The maximum Gasteiger partial charge on any atom is 0.273 e. The molecule has 0 bridgehead atoms. The van der Waals surface area contributed by atoms with Gasteiger partial charge in [0.1, 0.15) is 28.1 Å². The van der Waals surface area contributed by atoms with Crippen molar-refractivity contribution >= 4 is 22.9 Å². The van der Waals surface area contributed by atoms with E-state index in [-0.39, 0.29) is 17.5 Å². The third-order valence-electron chi connectivity index (χ3n) is 6.87. The molecule has 0 spiro atoms. The molecule has 0 aliphatic carbocycles. The monoisotopic (exact) mass is 562 g/mol. The number of ether oxygens (including phenoxy) is 1. The molecule has 1 saturated heterocycles. The summed E-state index contributed by atoms with van der Waals surface area (Å²) in [6.45, 7) is 6.46. The SMILES string of the molecule is CCOc1ccccc1N1CCN(C(=O)c2csc(CN(Cc3ccc(F)cc3)Cc3ccccc3F)n2)CC1. The molecule has 0 N–H and O–H groups in total. The summed E-state index contributed by atoms with van der Waals surface area (Å²) in [7, 11) is 0. The van der Waals surface area contributed by atoms with E-state index in [1.54, 1.807) is 29.6 Å². The van der Waals surface area contributed by atoms with Gasteiger partial charge in [0, 0.05) is 50.2 Å². The van der Waals surface area contributed by atoms with Gasteiger partial charge < -0.3 is 14.5 Å². The summed E-state index contributed by atoms with van der Waals surface area (Å²) >= 11 is 1.42. The van der Waals surface area contributed by atoms with Crippen LogP contribution in [0.15, 0.2) is 78.2 Å². The molecule has 1 fully saturated rings. The first-order chi connectivity index (χ1) is 19.5. The second kappa shape index (κ2) is 13.0. The van der Waals surface area contributed by atoms with E-state index in [2.05, 4.69) is 9.88 Å². The first-order valence-electron chi connectivity index (χ1n) is 13.4. The van der Waals surface area contributed by atoms with Gasteiger partial charge in [-0.25, -0.2) is 13.8 Å². The van der Waals surface area contributed by atoms with Crippen molar-refractivity contribution in [2.75, 3.05) is 37.7 Å². The topological polar surface area (TPSA) is 48.9 Å². The summed E-state index contributed by atoms with van der Waals surface area (Å²) in [4.78, 5) is 24.1. The first kappa shape index (κ1) is 27.7. The van der Waals surface area contributed by atoms with Crippen LogP contribution in [0.5, 0.6) is 5.75 Å². The lowest BCUT2D eigenvalue weighted by molar-refractivity contribution is 0.0741. The molecule has 0 atom stereocenters. The number of hydrogen-bond donors (Lipinski definition) is 0. The minimum absolute atomic E-state index is 0.0839. The van der Waals surface area contributed by atoms with Gasteiger partial charge in [-0.3, -0.25) is 9.69 Å². The largest absolute Gasteiger partial charge is 0.492 e. The Bertz CT molecular complexity index is 1420. The molecule has 0 unspecified atom stereocenters. The number of carbonyl (C=O) groups is 1. The van der Waals surface area contributed by atoms with Crippen LogP contribution >= 0.6 is 11.3 Å². The van der Waals surface area contributed by atoms with E-state index in [9.17, 15) is 13.6 Å². The molecule has 1 aliphatic rings. The summed E-state index contributed by atoms with van der Waals surface area (Å²) in [6.07, 6.45) is 0. The fraction of sp³-hybridized carbons (Fsp3) is 0.290. The molecule has 0 radical (unpaired) electrons. The van der Waals surface area contributed by atoms with Gasteiger partial charge in [-0.2, -0.15) is 0 Å². The second-order valence-electron chi connectivity index (χ2n) is 9.67. The lowest BCUT2D eigenvalue weighted by atomic mass is 10.1. The van der Waals surface area contributed by atoms with Crippen LogP contribution in [0.1, 0.15) is 33.5 Å². The number of nitrogens with zero attached hydrogens (tertiary/aromatic N) is 4. The van der Waals surface area contributed by atoms with Gasteiger partial charge >= 0.3 is 0 Å². The maximum absolute atomic E-state index is 14.4. The molecule has 2 heterocycles. The van der Waals surface area contributed by atoms with Gasteiger partial charge in [0.15, 0.2) is 0 Å². The van der Waals surface area contributed by atoms with E-state index in [0.29, 0.717) is 63.7 Å². The molecule has 9 heteroatoms. The molecule has 40 heavy (non-hydrogen) atoms. The Labute approximate surface area is 237 Å². The van der Waals surface area contributed by atoms with Crippen molar-refractivity contribution in [3.8, 4) is 5.75 Å². The van der Waals surface area contributed by atoms with Gasteiger partial charge in [-0.1, -0.05) is 42.5 Å². The van der Waals surface area contributed by atoms with Crippen molar-refractivity contribution in [1.29, 1.82) is 0 Å². The molecule has 6 nitrogen and oxygen atoms in total. The standard InChI is InChI=1S/C31H32F2N4O2S/c1-2-39-29-10-6-5-9-28(29)36-15-17-37(18-16-36)31(38)27-22-40-30(34-27)21-35(19-23-11-13-25(32)14-12-23)20-24-7-3-4-8-26(24)33/h3-14,22H,2,15-21H2,1H3. The smallest absolute Gasteiger partial charge is 0.273 e. The highest BCUT2D eigenvalue weighted by Crippen LogP contribution is 2.29. The summed E-state index contributed by atoms with van der Waals surface area (Å²) in [5, 5.41) is 2.57. The van der Waals surface area contributed by atoms with Crippen LogP contribution in [0.2, 0.25) is 0 Å². The molecule has 4 aromatic rings.